The van der Waals surface area contributed by atoms with E-state index in [1.54, 1.807) is 12.4 Å². The Morgan fingerprint density at radius 2 is 2.45 bits per heavy atom. The zero-order chi connectivity index (χ0) is 15.5. The first-order valence-corrected chi connectivity index (χ1v) is 6.86. The molecule has 0 atom stereocenters. The first-order valence-electron chi connectivity index (χ1n) is 6.86. The van der Waals surface area contributed by atoms with Crippen molar-refractivity contribution in [2.24, 2.45) is 0 Å². The third kappa shape index (κ3) is 2.59. The molecule has 112 valence electrons. The zero-order valence-corrected chi connectivity index (χ0v) is 12.1. The standard InChI is InChI=1S/C15H15N5O2/c1-22-15(21)19-11-4-10(6-16)13-2-3-20(14(13)5-11)8-12-7-17-9-18-12/h4-5,7,9H,2-3,8H2,1H3,(H,17,18)(H,19,21). The number of H-pyrrole nitrogens is 1. The summed E-state index contributed by atoms with van der Waals surface area (Å²) in [6.07, 6.45) is 3.74. The number of anilines is 2. The lowest BCUT2D eigenvalue weighted by Gasteiger charge is -2.19. The number of benzene rings is 1. The molecular formula is C15H15N5O2. The molecule has 7 nitrogen and oxygen atoms in total. The summed E-state index contributed by atoms with van der Waals surface area (Å²) in [4.78, 5) is 20.7. The van der Waals surface area contributed by atoms with Crippen molar-refractivity contribution in [3.63, 3.8) is 0 Å². The number of imidazole rings is 1. The predicted molar refractivity (Wildman–Crippen MR) is 80.5 cm³/mol. The molecule has 1 aliphatic rings. The molecule has 7 heteroatoms. The van der Waals surface area contributed by atoms with Crippen molar-refractivity contribution in [2.75, 3.05) is 23.9 Å². The van der Waals surface area contributed by atoms with Crippen molar-refractivity contribution in [3.8, 4) is 6.07 Å². The molecule has 0 spiro atoms. The topological polar surface area (TPSA) is 94.0 Å². The highest BCUT2D eigenvalue weighted by atomic mass is 16.5. The van der Waals surface area contributed by atoms with Crippen LogP contribution in [0.2, 0.25) is 0 Å². The predicted octanol–water partition coefficient (Wildman–Crippen LogP) is 2.02. The number of amides is 1. The van der Waals surface area contributed by atoms with Gasteiger partial charge in [0.15, 0.2) is 0 Å². The van der Waals surface area contributed by atoms with Crippen LogP contribution in [0.25, 0.3) is 0 Å². The molecule has 2 aromatic rings. The van der Waals surface area contributed by atoms with Gasteiger partial charge in [-0.25, -0.2) is 9.78 Å². The number of carbonyl (C=O) groups is 1. The lowest BCUT2D eigenvalue weighted by molar-refractivity contribution is 0.187. The van der Waals surface area contributed by atoms with Crippen LogP contribution >= 0.6 is 0 Å². The van der Waals surface area contributed by atoms with Crippen molar-refractivity contribution < 1.29 is 9.53 Å². The normalized spacial score (nSPS) is 12.6. The molecule has 0 saturated carbocycles. The van der Waals surface area contributed by atoms with Crippen LogP contribution in [0, 0.1) is 11.3 Å². The maximum Gasteiger partial charge on any atom is 0.411 e. The minimum atomic E-state index is -0.555. The molecule has 1 aliphatic heterocycles. The molecular weight excluding hydrogens is 282 g/mol. The van der Waals surface area contributed by atoms with Gasteiger partial charge in [0.25, 0.3) is 0 Å². The smallest absolute Gasteiger partial charge is 0.411 e. The summed E-state index contributed by atoms with van der Waals surface area (Å²) in [6, 6.07) is 5.74. The number of ether oxygens (including phenoxy) is 1. The molecule has 0 fully saturated rings. The van der Waals surface area contributed by atoms with Crippen LogP contribution in [0.15, 0.2) is 24.7 Å². The highest BCUT2D eigenvalue weighted by molar-refractivity contribution is 5.86. The Morgan fingerprint density at radius 1 is 1.59 bits per heavy atom. The van der Waals surface area contributed by atoms with E-state index < -0.39 is 6.09 Å². The maximum absolute atomic E-state index is 11.4. The number of aromatic amines is 1. The van der Waals surface area contributed by atoms with Crippen LogP contribution < -0.4 is 10.2 Å². The van der Waals surface area contributed by atoms with Gasteiger partial charge in [0.1, 0.15) is 0 Å². The second-order valence-corrected chi connectivity index (χ2v) is 4.98. The van der Waals surface area contributed by atoms with E-state index in [1.165, 1.54) is 7.11 Å². The van der Waals surface area contributed by atoms with Crippen molar-refractivity contribution in [3.05, 3.63) is 41.5 Å². The van der Waals surface area contributed by atoms with E-state index in [0.717, 1.165) is 29.9 Å². The average Bonchev–Trinajstić information content (AvgIpc) is 3.17. The fourth-order valence-electron chi connectivity index (χ4n) is 2.65. The number of nitriles is 1. The highest BCUT2D eigenvalue weighted by Gasteiger charge is 2.24. The third-order valence-corrected chi connectivity index (χ3v) is 3.66. The van der Waals surface area contributed by atoms with Crippen LogP contribution in [0.3, 0.4) is 0 Å². The summed E-state index contributed by atoms with van der Waals surface area (Å²) in [5.74, 6) is 0. The number of rotatable bonds is 3. The van der Waals surface area contributed by atoms with Gasteiger partial charge in [0.05, 0.1) is 37.3 Å². The molecule has 1 aromatic heterocycles. The van der Waals surface area contributed by atoms with Crippen molar-refractivity contribution in [1.29, 1.82) is 5.26 Å². The van der Waals surface area contributed by atoms with Gasteiger partial charge < -0.3 is 14.6 Å². The van der Waals surface area contributed by atoms with Crippen LogP contribution in [0.5, 0.6) is 0 Å². The summed E-state index contributed by atoms with van der Waals surface area (Å²) >= 11 is 0. The summed E-state index contributed by atoms with van der Waals surface area (Å²) in [5.41, 5.74) is 4.02. The maximum atomic E-state index is 11.4. The number of hydrogen-bond acceptors (Lipinski definition) is 5. The summed E-state index contributed by atoms with van der Waals surface area (Å²) in [5, 5.41) is 11.9. The van der Waals surface area contributed by atoms with Gasteiger partial charge in [-0.3, -0.25) is 5.32 Å². The van der Waals surface area contributed by atoms with Crippen LogP contribution in [-0.2, 0) is 17.7 Å². The van der Waals surface area contributed by atoms with Gasteiger partial charge in [-0.2, -0.15) is 5.26 Å². The Bertz CT molecular complexity index is 733. The number of aromatic nitrogens is 2. The Morgan fingerprint density at radius 3 is 3.14 bits per heavy atom. The van der Waals surface area contributed by atoms with Crippen molar-refractivity contribution >= 4 is 17.5 Å². The monoisotopic (exact) mass is 297 g/mol. The van der Waals surface area contributed by atoms with E-state index in [9.17, 15) is 10.1 Å². The molecule has 2 N–H and O–H groups in total. The van der Waals surface area contributed by atoms with Crippen LogP contribution in [-0.4, -0.2) is 29.7 Å². The van der Waals surface area contributed by atoms with Gasteiger partial charge in [0.2, 0.25) is 0 Å². The average molecular weight is 297 g/mol. The second-order valence-electron chi connectivity index (χ2n) is 4.98. The van der Waals surface area contributed by atoms with E-state index >= 15 is 0 Å². The quantitative estimate of drug-likeness (QED) is 0.904. The fraction of sp³-hybridized carbons (Fsp3) is 0.267. The molecule has 2 heterocycles. The first-order chi connectivity index (χ1) is 10.7. The molecule has 22 heavy (non-hydrogen) atoms. The van der Waals surface area contributed by atoms with E-state index in [0.29, 0.717) is 17.8 Å². The van der Waals surface area contributed by atoms with Gasteiger partial charge in [0, 0.05) is 24.1 Å². The Hall–Kier alpha value is -3.01. The molecule has 3 rings (SSSR count). The molecule has 0 unspecified atom stereocenters. The summed E-state index contributed by atoms with van der Waals surface area (Å²) in [7, 11) is 1.30. The Labute approximate surface area is 127 Å². The number of nitrogens with one attached hydrogen (secondary N) is 2. The van der Waals surface area contributed by atoms with E-state index in [1.807, 2.05) is 12.3 Å². The lowest BCUT2D eigenvalue weighted by Crippen LogP contribution is -2.20. The molecule has 0 saturated heterocycles. The molecule has 0 aliphatic carbocycles. The second kappa shape index (κ2) is 5.77. The molecule has 1 amide bonds. The zero-order valence-electron chi connectivity index (χ0n) is 12.1. The van der Waals surface area contributed by atoms with E-state index in [-0.39, 0.29) is 0 Å². The number of fused-ring (bicyclic) bond motifs is 1. The van der Waals surface area contributed by atoms with Crippen LogP contribution in [0.1, 0.15) is 16.8 Å². The summed E-state index contributed by atoms with van der Waals surface area (Å²) < 4.78 is 4.60. The fourth-order valence-corrected chi connectivity index (χ4v) is 2.65. The van der Waals surface area contributed by atoms with Crippen LogP contribution in [0.4, 0.5) is 16.2 Å². The first kappa shape index (κ1) is 13.9. The SMILES string of the molecule is COC(=O)Nc1cc(C#N)c2c(c1)N(Cc1c[nH]cn1)CC2. The van der Waals surface area contributed by atoms with Gasteiger partial charge in [-0.1, -0.05) is 0 Å². The van der Waals surface area contributed by atoms with E-state index in [4.69, 9.17) is 0 Å². The number of nitrogens with zero attached hydrogens (tertiary/aromatic N) is 3. The van der Waals surface area contributed by atoms with Gasteiger partial charge in [-0.05, 0) is 24.1 Å². The minimum absolute atomic E-state index is 0.552. The lowest BCUT2D eigenvalue weighted by atomic mass is 10.0. The van der Waals surface area contributed by atoms with Gasteiger partial charge >= 0.3 is 6.09 Å². The number of carbonyl (C=O) groups excluding carboxylic acids is 1. The Balaban J connectivity index is 1.93. The minimum Gasteiger partial charge on any atom is -0.453 e. The number of hydrogen-bond donors (Lipinski definition) is 2. The molecule has 0 radical (unpaired) electrons. The largest absolute Gasteiger partial charge is 0.453 e. The summed E-state index contributed by atoms with van der Waals surface area (Å²) in [6.45, 7) is 1.47. The van der Waals surface area contributed by atoms with E-state index in [2.05, 4.69) is 31.0 Å². The number of methoxy groups -OCH3 is 1. The highest BCUT2D eigenvalue weighted by Crippen LogP contribution is 2.34. The van der Waals surface area contributed by atoms with Crippen molar-refractivity contribution in [2.45, 2.75) is 13.0 Å². The molecule has 0 bridgehead atoms. The van der Waals surface area contributed by atoms with Crippen molar-refractivity contribution in [1.82, 2.24) is 9.97 Å². The Kier molecular flexibility index (Phi) is 3.66. The molecule has 1 aromatic carbocycles. The third-order valence-electron chi connectivity index (χ3n) is 3.66. The van der Waals surface area contributed by atoms with Gasteiger partial charge in [-0.15, -0.1) is 0 Å².